The summed E-state index contributed by atoms with van der Waals surface area (Å²) in [4.78, 5) is 15.3. The molecule has 6 heteroatoms. The summed E-state index contributed by atoms with van der Waals surface area (Å²) in [5.74, 6) is 2.73. The van der Waals surface area contributed by atoms with Gasteiger partial charge in [-0.3, -0.25) is 9.69 Å². The van der Waals surface area contributed by atoms with Crippen molar-refractivity contribution in [3.05, 3.63) is 57.6 Å². The third kappa shape index (κ3) is 4.28. The van der Waals surface area contributed by atoms with Crippen molar-refractivity contribution >= 4 is 32.8 Å². The van der Waals surface area contributed by atoms with Crippen LogP contribution in [0, 0.1) is 19.8 Å². The summed E-state index contributed by atoms with van der Waals surface area (Å²) in [6, 6.07) is 9.81. The maximum absolute atomic E-state index is 12.9. The zero-order valence-electron chi connectivity index (χ0n) is 17.1. The number of hydrogen-bond donors (Lipinski definition) is 1. The second kappa shape index (κ2) is 8.36. The van der Waals surface area contributed by atoms with Gasteiger partial charge < -0.3 is 14.2 Å². The van der Waals surface area contributed by atoms with Crippen LogP contribution in [0.1, 0.15) is 53.4 Å². The third-order valence-electron chi connectivity index (χ3n) is 5.91. The molecule has 3 aromatic rings. The van der Waals surface area contributed by atoms with Gasteiger partial charge in [-0.25, -0.2) is 0 Å². The molecule has 29 heavy (non-hydrogen) atoms. The summed E-state index contributed by atoms with van der Waals surface area (Å²) >= 11 is 3.48. The van der Waals surface area contributed by atoms with Gasteiger partial charge in [0.15, 0.2) is 5.76 Å². The Morgan fingerprint density at radius 3 is 2.66 bits per heavy atom. The Morgan fingerprint density at radius 2 is 1.97 bits per heavy atom. The fourth-order valence-electron chi connectivity index (χ4n) is 4.06. The smallest absolute Gasteiger partial charge is 0.287 e. The number of nitrogens with zero attached hydrogens (tertiary/aromatic N) is 1. The predicted octanol–water partition coefficient (Wildman–Crippen LogP) is 5.61. The molecule has 1 aliphatic heterocycles. The van der Waals surface area contributed by atoms with Crippen LogP contribution < -0.4 is 5.32 Å². The molecule has 0 unspecified atom stereocenters. The van der Waals surface area contributed by atoms with Crippen LogP contribution in [0.2, 0.25) is 0 Å². The van der Waals surface area contributed by atoms with Crippen LogP contribution in [0.25, 0.3) is 11.0 Å². The minimum Gasteiger partial charge on any atom is -0.465 e. The second-order valence-corrected chi connectivity index (χ2v) is 9.01. The maximum Gasteiger partial charge on any atom is 0.287 e. The summed E-state index contributed by atoms with van der Waals surface area (Å²) in [5, 5.41) is 4.04. The highest BCUT2D eigenvalue weighted by molar-refractivity contribution is 9.10. The van der Waals surface area contributed by atoms with Crippen LogP contribution in [0.5, 0.6) is 0 Å². The third-order valence-corrected chi connectivity index (χ3v) is 6.40. The first-order valence-electron chi connectivity index (χ1n) is 10.2. The Balaban J connectivity index is 1.52. The van der Waals surface area contributed by atoms with Crippen LogP contribution in [0.4, 0.5) is 0 Å². The Bertz CT molecular complexity index is 1010. The molecular weight excluding hydrogens is 432 g/mol. The normalized spacial score (nSPS) is 17.0. The predicted molar refractivity (Wildman–Crippen MR) is 117 cm³/mol. The number of benzene rings is 1. The van der Waals surface area contributed by atoms with Gasteiger partial charge in [0, 0.05) is 22.0 Å². The Kier molecular flexibility index (Phi) is 5.83. The number of carbonyl (C=O) groups is 1. The monoisotopic (exact) mass is 458 g/mol. The molecule has 4 rings (SSSR count). The number of halogens is 1. The van der Waals surface area contributed by atoms with Crippen LogP contribution in [-0.4, -0.2) is 30.4 Å². The van der Waals surface area contributed by atoms with Crippen molar-refractivity contribution in [1.29, 1.82) is 0 Å². The number of amides is 1. The Hall–Kier alpha value is -2.05. The highest BCUT2D eigenvalue weighted by Gasteiger charge is 2.28. The standard InChI is InChI=1S/C23H27BrN2O3/c1-14-8-10-26(11-9-14)19(21-6-4-15(2)28-21)13-25-23(27)22-16(3)18-12-17(24)5-7-20(18)29-22/h4-7,12,14,19H,8-11,13H2,1-3H3,(H,25,27)/t19-/m1/s1. The summed E-state index contributed by atoms with van der Waals surface area (Å²) in [6.45, 7) is 8.69. The van der Waals surface area contributed by atoms with E-state index in [4.69, 9.17) is 8.83 Å². The number of carbonyl (C=O) groups excluding carboxylic acids is 1. The first-order valence-corrected chi connectivity index (χ1v) is 11.0. The van der Waals surface area contributed by atoms with E-state index in [1.54, 1.807) is 0 Å². The van der Waals surface area contributed by atoms with E-state index in [0.29, 0.717) is 12.3 Å². The summed E-state index contributed by atoms with van der Waals surface area (Å²) < 4.78 is 12.7. The lowest BCUT2D eigenvalue weighted by Crippen LogP contribution is -2.41. The maximum atomic E-state index is 12.9. The van der Waals surface area contributed by atoms with E-state index in [2.05, 4.69) is 33.1 Å². The van der Waals surface area contributed by atoms with Gasteiger partial charge in [0.05, 0.1) is 6.04 Å². The Morgan fingerprint density at radius 1 is 1.21 bits per heavy atom. The minimum absolute atomic E-state index is 0.0268. The molecule has 5 nitrogen and oxygen atoms in total. The average Bonchev–Trinajstić information content (AvgIpc) is 3.27. The number of aryl methyl sites for hydroxylation is 2. The molecule has 154 valence electrons. The quantitative estimate of drug-likeness (QED) is 0.539. The van der Waals surface area contributed by atoms with Gasteiger partial charge in [-0.15, -0.1) is 0 Å². The van der Waals surface area contributed by atoms with Gasteiger partial charge in [0.25, 0.3) is 5.91 Å². The molecule has 0 bridgehead atoms. The van der Waals surface area contributed by atoms with E-state index >= 15 is 0 Å². The lowest BCUT2D eigenvalue weighted by atomic mass is 9.97. The summed E-state index contributed by atoms with van der Waals surface area (Å²) in [5.41, 5.74) is 1.58. The number of furan rings is 2. The largest absolute Gasteiger partial charge is 0.465 e. The molecule has 1 atom stereocenters. The fraction of sp³-hybridized carbons (Fsp3) is 0.435. The molecule has 1 aromatic carbocycles. The number of hydrogen-bond acceptors (Lipinski definition) is 4. The zero-order valence-corrected chi connectivity index (χ0v) is 18.7. The molecule has 1 aliphatic rings. The number of rotatable bonds is 5. The van der Waals surface area contributed by atoms with Gasteiger partial charge >= 0.3 is 0 Å². The van der Waals surface area contributed by atoms with Crippen molar-refractivity contribution in [3.8, 4) is 0 Å². The van der Waals surface area contributed by atoms with Gasteiger partial charge in [0.1, 0.15) is 17.1 Å². The highest BCUT2D eigenvalue weighted by Crippen LogP contribution is 2.30. The van der Waals surface area contributed by atoms with Crippen molar-refractivity contribution < 1.29 is 13.6 Å². The van der Waals surface area contributed by atoms with Gasteiger partial charge in [0.2, 0.25) is 0 Å². The molecule has 0 radical (unpaired) electrons. The highest BCUT2D eigenvalue weighted by atomic mass is 79.9. The molecular formula is C23H27BrN2O3. The van der Waals surface area contributed by atoms with E-state index in [1.807, 2.05) is 44.2 Å². The van der Waals surface area contributed by atoms with Crippen LogP contribution in [-0.2, 0) is 0 Å². The molecule has 0 saturated carbocycles. The van der Waals surface area contributed by atoms with Crippen molar-refractivity contribution in [3.63, 3.8) is 0 Å². The van der Waals surface area contributed by atoms with Crippen LogP contribution in [0.15, 0.2) is 43.6 Å². The van der Waals surface area contributed by atoms with Crippen molar-refractivity contribution in [1.82, 2.24) is 10.2 Å². The number of nitrogens with one attached hydrogen (secondary N) is 1. The average molecular weight is 459 g/mol. The number of piperidine rings is 1. The van der Waals surface area contributed by atoms with E-state index in [1.165, 1.54) is 12.8 Å². The van der Waals surface area contributed by atoms with E-state index in [0.717, 1.165) is 51.5 Å². The molecule has 3 heterocycles. The topological polar surface area (TPSA) is 58.6 Å². The van der Waals surface area contributed by atoms with Crippen molar-refractivity contribution in [2.45, 2.75) is 39.7 Å². The first kappa shape index (κ1) is 20.2. The zero-order chi connectivity index (χ0) is 20.5. The number of likely N-dealkylation sites (tertiary alicyclic amines) is 1. The minimum atomic E-state index is -0.187. The van der Waals surface area contributed by atoms with Crippen molar-refractivity contribution in [2.24, 2.45) is 5.92 Å². The molecule has 1 amide bonds. The fourth-order valence-corrected chi connectivity index (χ4v) is 4.42. The first-order chi connectivity index (χ1) is 13.9. The molecule has 1 fully saturated rings. The Labute approximate surface area is 179 Å². The van der Waals surface area contributed by atoms with Gasteiger partial charge in [-0.1, -0.05) is 22.9 Å². The summed E-state index contributed by atoms with van der Waals surface area (Å²) in [7, 11) is 0. The van der Waals surface area contributed by atoms with E-state index in [-0.39, 0.29) is 11.9 Å². The van der Waals surface area contributed by atoms with E-state index in [9.17, 15) is 4.79 Å². The molecule has 0 aliphatic carbocycles. The lowest BCUT2D eigenvalue weighted by molar-refractivity contribution is 0.0871. The van der Waals surface area contributed by atoms with E-state index < -0.39 is 0 Å². The number of fused-ring (bicyclic) bond motifs is 1. The SMILES string of the molecule is Cc1ccc([C@@H](CNC(=O)c2oc3ccc(Br)cc3c2C)N2CCC(C)CC2)o1. The molecule has 1 saturated heterocycles. The summed E-state index contributed by atoms with van der Waals surface area (Å²) in [6.07, 6.45) is 2.34. The molecule has 1 N–H and O–H groups in total. The lowest BCUT2D eigenvalue weighted by Gasteiger charge is -2.35. The van der Waals surface area contributed by atoms with Crippen LogP contribution >= 0.6 is 15.9 Å². The molecule has 2 aromatic heterocycles. The molecule has 0 spiro atoms. The van der Waals surface area contributed by atoms with Gasteiger partial charge in [-0.2, -0.15) is 0 Å². The van der Waals surface area contributed by atoms with Gasteiger partial charge in [-0.05, 0) is 76.0 Å². The second-order valence-electron chi connectivity index (χ2n) is 8.09. The van der Waals surface area contributed by atoms with Crippen molar-refractivity contribution in [2.75, 3.05) is 19.6 Å². The van der Waals surface area contributed by atoms with Crippen LogP contribution in [0.3, 0.4) is 0 Å².